The summed E-state index contributed by atoms with van der Waals surface area (Å²) in [5.41, 5.74) is 2.68. The number of hydrogen-bond acceptors (Lipinski definition) is 4. The van der Waals surface area contributed by atoms with Crippen molar-refractivity contribution in [2.24, 2.45) is 0 Å². The molecule has 0 radical (unpaired) electrons. The molecule has 0 aliphatic rings. The third-order valence-corrected chi connectivity index (χ3v) is 3.95. The SMILES string of the molecule is Cc1ccc(C)c(C(=O)Nc2ncnc3sccc23)c1. The van der Waals surface area contributed by atoms with Crippen LogP contribution in [0.25, 0.3) is 10.2 Å². The van der Waals surface area contributed by atoms with Crippen LogP contribution in [0.3, 0.4) is 0 Å². The Labute approximate surface area is 120 Å². The van der Waals surface area contributed by atoms with Gasteiger partial charge in [0.15, 0.2) is 0 Å². The second-order valence-electron chi connectivity index (χ2n) is 4.63. The molecule has 0 aliphatic heterocycles. The molecule has 1 N–H and O–H groups in total. The highest BCUT2D eigenvalue weighted by atomic mass is 32.1. The molecule has 2 aromatic heterocycles. The van der Waals surface area contributed by atoms with Gasteiger partial charge in [-0.1, -0.05) is 17.7 Å². The number of benzene rings is 1. The first kappa shape index (κ1) is 12.7. The molecule has 0 spiro atoms. The first-order valence-corrected chi connectivity index (χ1v) is 7.10. The molecule has 1 amide bonds. The maximum absolute atomic E-state index is 12.4. The molecular formula is C15H13N3OS. The van der Waals surface area contributed by atoms with E-state index in [2.05, 4.69) is 15.3 Å². The number of rotatable bonds is 2. The van der Waals surface area contributed by atoms with E-state index in [1.807, 2.05) is 43.5 Å². The normalized spacial score (nSPS) is 10.7. The zero-order valence-corrected chi connectivity index (χ0v) is 12.0. The van der Waals surface area contributed by atoms with Crippen LogP contribution in [0, 0.1) is 13.8 Å². The number of aryl methyl sites for hydroxylation is 2. The molecule has 0 atom stereocenters. The second kappa shape index (κ2) is 5.02. The van der Waals surface area contributed by atoms with E-state index in [9.17, 15) is 4.79 Å². The summed E-state index contributed by atoms with van der Waals surface area (Å²) in [6, 6.07) is 7.74. The number of carbonyl (C=O) groups excluding carboxylic acids is 1. The molecule has 20 heavy (non-hydrogen) atoms. The Morgan fingerprint density at radius 3 is 2.90 bits per heavy atom. The number of hydrogen-bond donors (Lipinski definition) is 1. The lowest BCUT2D eigenvalue weighted by atomic mass is 10.1. The monoisotopic (exact) mass is 283 g/mol. The number of amides is 1. The van der Waals surface area contributed by atoms with E-state index in [1.54, 1.807) is 0 Å². The summed E-state index contributed by atoms with van der Waals surface area (Å²) >= 11 is 1.53. The van der Waals surface area contributed by atoms with E-state index in [4.69, 9.17) is 0 Å². The lowest BCUT2D eigenvalue weighted by Crippen LogP contribution is -2.14. The second-order valence-corrected chi connectivity index (χ2v) is 5.53. The molecule has 0 unspecified atom stereocenters. The van der Waals surface area contributed by atoms with Crippen molar-refractivity contribution in [3.8, 4) is 0 Å². The number of nitrogens with zero attached hydrogens (tertiary/aromatic N) is 2. The van der Waals surface area contributed by atoms with Crippen molar-refractivity contribution in [2.45, 2.75) is 13.8 Å². The van der Waals surface area contributed by atoms with Gasteiger partial charge in [-0.25, -0.2) is 9.97 Å². The molecule has 0 aliphatic carbocycles. The van der Waals surface area contributed by atoms with E-state index in [-0.39, 0.29) is 5.91 Å². The van der Waals surface area contributed by atoms with Crippen molar-refractivity contribution in [3.05, 3.63) is 52.7 Å². The molecule has 0 saturated heterocycles. The van der Waals surface area contributed by atoms with Crippen LogP contribution >= 0.6 is 11.3 Å². The average molecular weight is 283 g/mol. The van der Waals surface area contributed by atoms with Crippen molar-refractivity contribution in [2.75, 3.05) is 5.32 Å². The first-order valence-electron chi connectivity index (χ1n) is 6.22. The maximum Gasteiger partial charge on any atom is 0.257 e. The maximum atomic E-state index is 12.4. The molecule has 0 saturated carbocycles. The van der Waals surface area contributed by atoms with Crippen LogP contribution in [0.4, 0.5) is 5.82 Å². The van der Waals surface area contributed by atoms with Crippen molar-refractivity contribution < 1.29 is 4.79 Å². The molecule has 3 rings (SSSR count). The number of carbonyl (C=O) groups is 1. The van der Waals surface area contributed by atoms with Crippen molar-refractivity contribution in [1.82, 2.24) is 9.97 Å². The summed E-state index contributed by atoms with van der Waals surface area (Å²) in [4.78, 5) is 21.6. The lowest BCUT2D eigenvalue weighted by Gasteiger charge is -2.08. The summed E-state index contributed by atoms with van der Waals surface area (Å²) in [5, 5.41) is 5.68. The Balaban J connectivity index is 1.96. The third-order valence-electron chi connectivity index (χ3n) is 3.13. The number of fused-ring (bicyclic) bond motifs is 1. The fourth-order valence-corrected chi connectivity index (χ4v) is 2.78. The molecule has 1 aromatic carbocycles. The van der Waals surface area contributed by atoms with Gasteiger partial charge in [-0.3, -0.25) is 4.79 Å². The quantitative estimate of drug-likeness (QED) is 0.782. The smallest absolute Gasteiger partial charge is 0.257 e. The van der Waals surface area contributed by atoms with Crippen LogP contribution in [-0.2, 0) is 0 Å². The molecule has 2 heterocycles. The third kappa shape index (κ3) is 2.28. The fraction of sp³-hybridized carbons (Fsp3) is 0.133. The molecular weight excluding hydrogens is 270 g/mol. The van der Waals surface area contributed by atoms with Gasteiger partial charge in [0.05, 0.1) is 5.39 Å². The highest BCUT2D eigenvalue weighted by Gasteiger charge is 2.12. The van der Waals surface area contributed by atoms with Crippen LogP contribution in [0.1, 0.15) is 21.5 Å². The Morgan fingerprint density at radius 1 is 1.20 bits per heavy atom. The van der Waals surface area contributed by atoms with Crippen LogP contribution in [-0.4, -0.2) is 15.9 Å². The largest absolute Gasteiger partial charge is 0.306 e. The van der Waals surface area contributed by atoms with Crippen molar-refractivity contribution >= 4 is 33.3 Å². The Bertz CT molecular complexity index is 795. The summed E-state index contributed by atoms with van der Waals surface area (Å²) in [7, 11) is 0. The summed E-state index contributed by atoms with van der Waals surface area (Å²) in [6.45, 7) is 3.90. The molecule has 0 bridgehead atoms. The number of aromatic nitrogens is 2. The van der Waals surface area contributed by atoms with Crippen LogP contribution in [0.5, 0.6) is 0 Å². The van der Waals surface area contributed by atoms with E-state index >= 15 is 0 Å². The van der Waals surface area contributed by atoms with Crippen LogP contribution < -0.4 is 5.32 Å². The highest BCUT2D eigenvalue weighted by molar-refractivity contribution is 7.16. The topological polar surface area (TPSA) is 54.9 Å². The van der Waals surface area contributed by atoms with Crippen LogP contribution in [0.2, 0.25) is 0 Å². The van der Waals surface area contributed by atoms with E-state index in [0.29, 0.717) is 11.4 Å². The van der Waals surface area contributed by atoms with Gasteiger partial charge in [0.2, 0.25) is 0 Å². The minimum Gasteiger partial charge on any atom is -0.306 e. The molecule has 5 heteroatoms. The Kier molecular flexibility index (Phi) is 3.20. The van der Waals surface area contributed by atoms with Crippen molar-refractivity contribution in [1.29, 1.82) is 0 Å². The van der Waals surface area contributed by atoms with E-state index in [1.165, 1.54) is 17.7 Å². The van der Waals surface area contributed by atoms with Crippen LogP contribution in [0.15, 0.2) is 36.0 Å². The number of anilines is 1. The van der Waals surface area contributed by atoms with Gasteiger partial charge in [0, 0.05) is 5.56 Å². The molecule has 100 valence electrons. The standard InChI is InChI=1S/C15H13N3OS/c1-9-3-4-10(2)12(7-9)14(19)18-13-11-5-6-20-15(11)17-8-16-13/h3-8H,1-2H3,(H,16,17,18,19). The Hall–Kier alpha value is -2.27. The minimum atomic E-state index is -0.141. The van der Waals surface area contributed by atoms with Gasteiger partial charge in [-0.15, -0.1) is 11.3 Å². The van der Waals surface area contributed by atoms with Gasteiger partial charge in [-0.2, -0.15) is 0 Å². The molecule has 0 fully saturated rings. The highest BCUT2D eigenvalue weighted by Crippen LogP contribution is 2.24. The van der Waals surface area contributed by atoms with Gasteiger partial charge < -0.3 is 5.32 Å². The van der Waals surface area contributed by atoms with Crippen molar-refractivity contribution in [3.63, 3.8) is 0 Å². The van der Waals surface area contributed by atoms with E-state index in [0.717, 1.165) is 21.3 Å². The average Bonchev–Trinajstić information content (AvgIpc) is 2.91. The zero-order chi connectivity index (χ0) is 14.1. The Morgan fingerprint density at radius 2 is 2.05 bits per heavy atom. The zero-order valence-electron chi connectivity index (χ0n) is 11.2. The molecule has 3 aromatic rings. The van der Waals surface area contributed by atoms with Gasteiger partial charge in [-0.05, 0) is 36.9 Å². The summed E-state index contributed by atoms with van der Waals surface area (Å²) in [6.07, 6.45) is 1.47. The number of nitrogens with one attached hydrogen (secondary N) is 1. The van der Waals surface area contributed by atoms with Gasteiger partial charge in [0.25, 0.3) is 5.91 Å². The summed E-state index contributed by atoms with van der Waals surface area (Å²) < 4.78 is 0. The van der Waals surface area contributed by atoms with Gasteiger partial charge in [0.1, 0.15) is 17.0 Å². The van der Waals surface area contributed by atoms with E-state index < -0.39 is 0 Å². The number of thiophene rings is 1. The lowest BCUT2D eigenvalue weighted by molar-refractivity contribution is 0.102. The first-order chi connectivity index (χ1) is 9.65. The predicted molar refractivity (Wildman–Crippen MR) is 81.3 cm³/mol. The predicted octanol–water partition coefficient (Wildman–Crippen LogP) is 3.56. The summed E-state index contributed by atoms with van der Waals surface area (Å²) in [5.74, 6) is 0.416. The van der Waals surface area contributed by atoms with Gasteiger partial charge >= 0.3 is 0 Å². The molecule has 4 nitrogen and oxygen atoms in total. The fourth-order valence-electron chi connectivity index (χ4n) is 2.05. The minimum absolute atomic E-state index is 0.141.